The Bertz CT molecular complexity index is 520. The molecular formula is C14H19F2N3O2. The van der Waals surface area contributed by atoms with Crippen molar-refractivity contribution >= 4 is 11.8 Å². The molecule has 1 aliphatic heterocycles. The fourth-order valence-corrected chi connectivity index (χ4v) is 3.75. The van der Waals surface area contributed by atoms with Crippen LogP contribution in [0.5, 0.6) is 0 Å². The van der Waals surface area contributed by atoms with Gasteiger partial charge in [0.2, 0.25) is 0 Å². The largest absolute Gasteiger partial charge is 0.481 e. The Morgan fingerprint density at radius 2 is 2.05 bits per heavy atom. The molecule has 0 amide bonds. The van der Waals surface area contributed by atoms with Crippen LogP contribution in [0.4, 0.5) is 8.78 Å². The van der Waals surface area contributed by atoms with Gasteiger partial charge in [0.25, 0.3) is 5.92 Å². The van der Waals surface area contributed by atoms with Gasteiger partial charge in [-0.2, -0.15) is 8.78 Å². The number of halogens is 2. The summed E-state index contributed by atoms with van der Waals surface area (Å²) in [5, 5.41) is 16.9. The van der Waals surface area contributed by atoms with Crippen molar-refractivity contribution in [3.8, 4) is 0 Å². The molecule has 1 heterocycles. The Morgan fingerprint density at radius 1 is 1.43 bits per heavy atom. The fourth-order valence-electron chi connectivity index (χ4n) is 3.75. The highest BCUT2D eigenvalue weighted by Crippen LogP contribution is 2.54. The van der Waals surface area contributed by atoms with E-state index in [1.807, 2.05) is 0 Å². The Balaban J connectivity index is 1.65. The molecule has 1 saturated carbocycles. The lowest BCUT2D eigenvalue weighted by Gasteiger charge is -2.30. The summed E-state index contributed by atoms with van der Waals surface area (Å²) >= 11 is 0. The van der Waals surface area contributed by atoms with Crippen molar-refractivity contribution in [2.75, 3.05) is 13.1 Å². The van der Waals surface area contributed by atoms with Gasteiger partial charge in [0.05, 0.1) is 5.70 Å². The van der Waals surface area contributed by atoms with E-state index in [0.717, 1.165) is 0 Å². The van der Waals surface area contributed by atoms with Crippen LogP contribution in [0.15, 0.2) is 11.3 Å². The monoisotopic (exact) mass is 299 g/mol. The summed E-state index contributed by atoms with van der Waals surface area (Å²) in [6, 6.07) is 0. The Morgan fingerprint density at radius 3 is 2.62 bits per heavy atom. The number of fused-ring (bicyclic) bond motifs is 1. The molecule has 0 aromatic heterocycles. The maximum atomic E-state index is 13.6. The first-order chi connectivity index (χ1) is 9.81. The Hall–Kier alpha value is -1.66. The van der Waals surface area contributed by atoms with Gasteiger partial charge in [-0.1, -0.05) is 0 Å². The summed E-state index contributed by atoms with van der Waals surface area (Å²) in [4.78, 5) is 12.5. The topological polar surface area (TPSA) is 90.4 Å². The van der Waals surface area contributed by atoms with Gasteiger partial charge < -0.3 is 15.7 Å². The van der Waals surface area contributed by atoms with Crippen molar-refractivity contribution < 1.29 is 18.7 Å². The average molecular weight is 299 g/mol. The van der Waals surface area contributed by atoms with Crippen LogP contribution in [-0.4, -0.2) is 40.8 Å². The van der Waals surface area contributed by atoms with Crippen molar-refractivity contribution in [1.82, 2.24) is 4.90 Å². The number of carbonyl (C=O) groups is 1. The molecule has 116 valence electrons. The number of allylic oxidation sites excluding steroid dienone is 1. The molecule has 0 aromatic rings. The van der Waals surface area contributed by atoms with E-state index in [1.54, 1.807) is 4.90 Å². The van der Waals surface area contributed by atoms with Gasteiger partial charge in [-0.15, -0.1) is 0 Å². The van der Waals surface area contributed by atoms with Gasteiger partial charge in [0.1, 0.15) is 5.84 Å². The third-order valence-corrected chi connectivity index (χ3v) is 5.02. The number of nitrogens with zero attached hydrogens (tertiary/aromatic N) is 1. The molecule has 0 bridgehead atoms. The van der Waals surface area contributed by atoms with Crippen molar-refractivity contribution in [1.29, 1.82) is 5.41 Å². The quantitative estimate of drug-likeness (QED) is 0.546. The average Bonchev–Trinajstić information content (AvgIpc) is 2.86. The number of likely N-dealkylation sites (tertiary alicyclic amines) is 1. The number of nitrogens with one attached hydrogen (secondary N) is 1. The van der Waals surface area contributed by atoms with E-state index < -0.39 is 17.6 Å². The molecule has 1 unspecified atom stereocenters. The van der Waals surface area contributed by atoms with Crippen LogP contribution in [0, 0.1) is 23.2 Å². The van der Waals surface area contributed by atoms with Crippen molar-refractivity contribution in [2.24, 2.45) is 23.5 Å². The first-order valence-corrected chi connectivity index (χ1v) is 7.24. The fraction of sp³-hybridized carbons (Fsp3) is 0.714. The van der Waals surface area contributed by atoms with Gasteiger partial charge in [-0.3, -0.25) is 10.2 Å². The number of piperidine rings is 1. The van der Waals surface area contributed by atoms with Crippen LogP contribution in [0.25, 0.3) is 0 Å². The predicted molar refractivity (Wildman–Crippen MR) is 72.0 cm³/mol. The molecular weight excluding hydrogens is 280 g/mol. The first-order valence-electron chi connectivity index (χ1n) is 7.24. The molecule has 3 atom stereocenters. The summed E-state index contributed by atoms with van der Waals surface area (Å²) < 4.78 is 27.2. The van der Waals surface area contributed by atoms with Gasteiger partial charge in [0, 0.05) is 31.5 Å². The van der Waals surface area contributed by atoms with E-state index in [1.165, 1.54) is 0 Å². The van der Waals surface area contributed by atoms with E-state index in [0.29, 0.717) is 25.9 Å². The minimum Gasteiger partial charge on any atom is -0.481 e. The maximum Gasteiger partial charge on any atom is 0.303 e. The first kappa shape index (κ1) is 14.3. The second-order valence-electron chi connectivity index (χ2n) is 6.29. The Labute approximate surface area is 121 Å². The summed E-state index contributed by atoms with van der Waals surface area (Å²) in [6.45, 7) is 1.17. The molecule has 0 spiro atoms. The normalized spacial score (nSPS) is 33.8. The van der Waals surface area contributed by atoms with E-state index in [4.69, 9.17) is 16.2 Å². The van der Waals surface area contributed by atoms with E-state index in [2.05, 4.69) is 0 Å². The summed E-state index contributed by atoms with van der Waals surface area (Å²) in [5.74, 6) is -2.94. The van der Waals surface area contributed by atoms with Crippen LogP contribution < -0.4 is 5.73 Å². The molecule has 4 N–H and O–H groups in total. The minimum atomic E-state index is -3.01. The predicted octanol–water partition coefficient (Wildman–Crippen LogP) is 1.65. The SMILES string of the molecule is N=C(C1=C(N)C(F)(F)CCC1)N1C[C@@H]2C(CC(=O)O)[C@@H]2C1. The van der Waals surface area contributed by atoms with E-state index in [9.17, 15) is 13.6 Å². The molecule has 0 radical (unpaired) electrons. The van der Waals surface area contributed by atoms with Crippen LogP contribution in [-0.2, 0) is 4.79 Å². The van der Waals surface area contributed by atoms with Crippen LogP contribution in [0.2, 0.25) is 0 Å². The van der Waals surface area contributed by atoms with Crippen molar-refractivity contribution in [2.45, 2.75) is 31.6 Å². The van der Waals surface area contributed by atoms with E-state index in [-0.39, 0.29) is 42.0 Å². The second-order valence-corrected chi connectivity index (χ2v) is 6.29. The Kier molecular flexibility index (Phi) is 3.18. The number of hydrogen-bond acceptors (Lipinski definition) is 3. The van der Waals surface area contributed by atoms with Crippen molar-refractivity contribution in [3.63, 3.8) is 0 Å². The summed E-state index contributed by atoms with van der Waals surface area (Å²) in [7, 11) is 0. The zero-order valence-corrected chi connectivity index (χ0v) is 11.6. The third-order valence-electron chi connectivity index (χ3n) is 5.02. The highest BCUT2D eigenvalue weighted by molar-refractivity contribution is 5.97. The lowest BCUT2D eigenvalue weighted by molar-refractivity contribution is -0.137. The third kappa shape index (κ3) is 2.38. The number of carboxylic acids is 1. The number of rotatable bonds is 3. The van der Waals surface area contributed by atoms with Gasteiger partial charge in [-0.05, 0) is 30.6 Å². The molecule has 5 nitrogen and oxygen atoms in total. The molecule has 2 aliphatic carbocycles. The molecule has 3 rings (SSSR count). The number of carboxylic acid groups (broad SMARTS) is 1. The maximum absolute atomic E-state index is 13.6. The zero-order chi connectivity index (χ0) is 15.4. The zero-order valence-electron chi connectivity index (χ0n) is 11.6. The number of hydrogen-bond donors (Lipinski definition) is 3. The second kappa shape index (κ2) is 4.68. The highest BCUT2D eigenvalue weighted by Gasteiger charge is 2.56. The lowest BCUT2D eigenvalue weighted by atomic mass is 9.92. The summed E-state index contributed by atoms with van der Waals surface area (Å²) in [6.07, 6.45) is 0.680. The number of nitrogens with two attached hydrogens (primary N) is 1. The molecule has 7 heteroatoms. The van der Waals surface area contributed by atoms with Crippen LogP contribution in [0.3, 0.4) is 0 Å². The standard InChI is InChI=1S/C14H19F2N3O2/c15-14(16)3-1-2-7(12(14)17)13(18)19-5-9-8(4-11(20)21)10(9)6-19/h8-10,18H,1-6,17H2,(H,20,21)/t8?,9-,10+. The highest BCUT2D eigenvalue weighted by atomic mass is 19.3. The van der Waals surface area contributed by atoms with Gasteiger partial charge in [0.15, 0.2) is 0 Å². The van der Waals surface area contributed by atoms with Crippen LogP contribution in [0.1, 0.15) is 25.7 Å². The number of amidine groups is 1. The van der Waals surface area contributed by atoms with E-state index >= 15 is 0 Å². The van der Waals surface area contributed by atoms with Gasteiger partial charge >= 0.3 is 5.97 Å². The lowest BCUT2D eigenvalue weighted by Crippen LogP contribution is -2.38. The molecule has 21 heavy (non-hydrogen) atoms. The molecule has 0 aromatic carbocycles. The van der Waals surface area contributed by atoms with Crippen molar-refractivity contribution in [3.05, 3.63) is 11.3 Å². The molecule has 2 fully saturated rings. The number of alkyl halides is 2. The molecule has 3 aliphatic rings. The smallest absolute Gasteiger partial charge is 0.303 e. The molecule has 1 saturated heterocycles. The van der Waals surface area contributed by atoms with Gasteiger partial charge in [-0.25, -0.2) is 0 Å². The summed E-state index contributed by atoms with van der Waals surface area (Å²) in [5.41, 5.74) is 5.36. The van der Waals surface area contributed by atoms with Crippen LogP contribution >= 0.6 is 0 Å². The minimum absolute atomic E-state index is 0.105. The number of aliphatic carboxylic acids is 1.